The van der Waals surface area contributed by atoms with Gasteiger partial charge < -0.3 is 11.1 Å². The highest BCUT2D eigenvalue weighted by Crippen LogP contribution is 2.32. The van der Waals surface area contributed by atoms with Gasteiger partial charge >= 0.3 is 0 Å². The minimum atomic E-state index is -0.379. The molecule has 156 valence electrons. The smallest absolute Gasteiger partial charge is 0.234 e. The number of thiazole rings is 1. The molecule has 0 aliphatic carbocycles. The van der Waals surface area contributed by atoms with Crippen LogP contribution in [-0.4, -0.2) is 22.6 Å². The van der Waals surface area contributed by atoms with Crippen molar-refractivity contribution in [1.82, 2.24) is 4.98 Å². The van der Waals surface area contributed by atoms with Crippen LogP contribution < -0.4 is 11.1 Å². The topological polar surface area (TPSA) is 85.1 Å². The van der Waals surface area contributed by atoms with Crippen molar-refractivity contribution in [3.05, 3.63) is 64.2 Å². The van der Waals surface area contributed by atoms with Gasteiger partial charge in [-0.25, -0.2) is 4.98 Å². The first-order valence-electron chi connectivity index (χ1n) is 9.32. The summed E-state index contributed by atoms with van der Waals surface area (Å²) in [6.07, 6.45) is 0.183. The molecule has 0 atom stereocenters. The molecule has 0 saturated heterocycles. The number of rotatable bonds is 8. The molecule has 0 aliphatic rings. The Morgan fingerprint density at radius 1 is 1.10 bits per heavy atom. The standard InChI is InChI=1S/C22H23N3O2S3/c1-13-4-5-14(2)18(10-13)29-17-8-6-16(7-9-17)25-21(27)12-28-22-24-15(3)19(30-22)11-20(23)26/h4-10H,11-12H2,1-3H3,(H2,23,26)(H,25,27). The number of amides is 2. The summed E-state index contributed by atoms with van der Waals surface area (Å²) in [6, 6.07) is 14.3. The molecule has 30 heavy (non-hydrogen) atoms. The van der Waals surface area contributed by atoms with Crippen LogP contribution >= 0.6 is 34.9 Å². The SMILES string of the molecule is Cc1ccc(C)c(Sc2ccc(NC(=O)CSc3nc(C)c(CC(N)=O)s3)cc2)c1. The first kappa shape index (κ1) is 22.4. The Morgan fingerprint density at radius 3 is 2.53 bits per heavy atom. The predicted molar refractivity (Wildman–Crippen MR) is 126 cm³/mol. The summed E-state index contributed by atoms with van der Waals surface area (Å²) in [5.41, 5.74) is 9.28. The highest BCUT2D eigenvalue weighted by Gasteiger charge is 2.12. The molecule has 3 aromatic rings. The van der Waals surface area contributed by atoms with Gasteiger partial charge in [0.05, 0.1) is 17.9 Å². The third kappa shape index (κ3) is 6.35. The Bertz CT molecular complexity index is 1060. The average molecular weight is 458 g/mol. The summed E-state index contributed by atoms with van der Waals surface area (Å²) in [6.45, 7) is 6.04. The van der Waals surface area contributed by atoms with Crippen molar-refractivity contribution in [1.29, 1.82) is 0 Å². The molecule has 0 fully saturated rings. The lowest BCUT2D eigenvalue weighted by atomic mass is 10.2. The molecule has 2 amide bonds. The van der Waals surface area contributed by atoms with Crippen molar-refractivity contribution in [3.8, 4) is 0 Å². The molecule has 3 N–H and O–H groups in total. The van der Waals surface area contributed by atoms with Crippen molar-refractivity contribution in [2.45, 2.75) is 41.3 Å². The van der Waals surface area contributed by atoms with Crippen molar-refractivity contribution in [2.75, 3.05) is 11.1 Å². The van der Waals surface area contributed by atoms with E-state index < -0.39 is 0 Å². The second-order valence-electron chi connectivity index (χ2n) is 6.86. The van der Waals surface area contributed by atoms with Crippen molar-refractivity contribution in [3.63, 3.8) is 0 Å². The van der Waals surface area contributed by atoms with E-state index in [1.165, 1.54) is 39.1 Å². The Kier molecular flexibility index (Phi) is 7.58. The number of nitrogens with two attached hydrogens (primary N) is 1. The second kappa shape index (κ2) is 10.1. The number of nitrogens with zero attached hydrogens (tertiary/aromatic N) is 1. The number of nitrogens with one attached hydrogen (secondary N) is 1. The minimum absolute atomic E-state index is 0.0979. The fraction of sp³-hybridized carbons (Fsp3) is 0.227. The molecule has 0 aliphatic heterocycles. The summed E-state index contributed by atoms with van der Waals surface area (Å²) < 4.78 is 0.763. The average Bonchev–Trinajstić information content (AvgIpc) is 3.03. The third-order valence-electron chi connectivity index (χ3n) is 4.24. The summed E-state index contributed by atoms with van der Waals surface area (Å²) in [5.74, 6) is -0.225. The molecule has 5 nitrogen and oxygen atoms in total. The van der Waals surface area contributed by atoms with E-state index in [9.17, 15) is 9.59 Å². The number of anilines is 1. The molecule has 0 unspecified atom stereocenters. The normalized spacial score (nSPS) is 10.8. The second-order valence-corrected chi connectivity index (χ2v) is 10.3. The molecule has 8 heteroatoms. The van der Waals surface area contributed by atoms with Gasteiger partial charge in [-0.15, -0.1) is 11.3 Å². The van der Waals surface area contributed by atoms with Gasteiger partial charge in [-0.2, -0.15) is 0 Å². The number of aromatic nitrogens is 1. The molecule has 1 aromatic heterocycles. The van der Waals surface area contributed by atoms with E-state index in [0.29, 0.717) is 0 Å². The largest absolute Gasteiger partial charge is 0.369 e. The molecule has 3 rings (SSSR count). The Morgan fingerprint density at radius 2 is 1.83 bits per heavy atom. The third-order valence-corrected chi connectivity index (χ3v) is 7.71. The van der Waals surface area contributed by atoms with Gasteiger partial charge in [0, 0.05) is 20.4 Å². The number of hydrogen-bond donors (Lipinski definition) is 2. The highest BCUT2D eigenvalue weighted by molar-refractivity contribution is 8.01. The Labute approximate surface area is 188 Å². The van der Waals surface area contributed by atoms with Gasteiger partial charge in [0.1, 0.15) is 0 Å². The van der Waals surface area contributed by atoms with Gasteiger partial charge in [-0.05, 0) is 62.2 Å². The zero-order valence-electron chi connectivity index (χ0n) is 17.0. The molecule has 0 saturated carbocycles. The first-order valence-corrected chi connectivity index (χ1v) is 11.9. The molecule has 1 heterocycles. The number of primary amides is 1. The fourth-order valence-corrected chi connectivity index (χ4v) is 5.70. The van der Waals surface area contributed by atoms with Crippen molar-refractivity contribution in [2.24, 2.45) is 5.73 Å². The molecule has 0 radical (unpaired) electrons. The lowest BCUT2D eigenvalue weighted by Gasteiger charge is -2.08. The number of carbonyl (C=O) groups excluding carboxylic acids is 2. The van der Waals surface area contributed by atoms with Crippen LogP contribution in [0.4, 0.5) is 5.69 Å². The van der Waals surface area contributed by atoms with Gasteiger partial charge in [-0.1, -0.05) is 35.7 Å². The van der Waals surface area contributed by atoms with Crippen molar-refractivity contribution < 1.29 is 9.59 Å². The summed E-state index contributed by atoms with van der Waals surface area (Å²) in [4.78, 5) is 31.0. The molecule has 0 bridgehead atoms. The van der Waals surface area contributed by atoms with Crippen LogP contribution in [0.1, 0.15) is 21.7 Å². The van der Waals surface area contributed by atoms with Crippen LogP contribution in [0.25, 0.3) is 0 Å². The lowest BCUT2D eigenvalue weighted by molar-refractivity contribution is -0.117. The first-order chi connectivity index (χ1) is 14.3. The minimum Gasteiger partial charge on any atom is -0.369 e. The highest BCUT2D eigenvalue weighted by atomic mass is 32.2. The van der Waals surface area contributed by atoms with Crippen LogP contribution in [0.2, 0.25) is 0 Å². The molecule has 0 spiro atoms. The maximum Gasteiger partial charge on any atom is 0.234 e. The van der Waals surface area contributed by atoms with Crippen LogP contribution in [-0.2, 0) is 16.0 Å². The molecular formula is C22H23N3O2S3. The van der Waals surface area contributed by atoms with Gasteiger partial charge in [0.2, 0.25) is 11.8 Å². The van der Waals surface area contributed by atoms with Gasteiger partial charge in [0.15, 0.2) is 4.34 Å². The van der Waals surface area contributed by atoms with Crippen LogP contribution in [0.5, 0.6) is 0 Å². The number of carbonyl (C=O) groups is 2. The zero-order chi connectivity index (χ0) is 21.7. The maximum atomic E-state index is 12.3. The van der Waals surface area contributed by atoms with E-state index in [0.717, 1.165) is 25.5 Å². The molecule has 2 aromatic carbocycles. The number of thioether (sulfide) groups is 1. The summed E-state index contributed by atoms with van der Waals surface area (Å²) in [5, 5.41) is 2.91. The predicted octanol–water partition coefficient (Wildman–Crippen LogP) is 4.98. The van der Waals surface area contributed by atoms with Crippen LogP contribution in [0.15, 0.2) is 56.6 Å². The van der Waals surface area contributed by atoms with E-state index in [1.807, 2.05) is 31.2 Å². The van der Waals surface area contributed by atoms with E-state index in [4.69, 9.17) is 5.73 Å². The van der Waals surface area contributed by atoms with E-state index in [1.54, 1.807) is 11.8 Å². The number of aryl methyl sites for hydroxylation is 3. The van der Waals surface area contributed by atoms with Gasteiger partial charge in [0.25, 0.3) is 0 Å². The maximum absolute atomic E-state index is 12.3. The monoisotopic (exact) mass is 457 g/mol. The van der Waals surface area contributed by atoms with Gasteiger partial charge in [-0.3, -0.25) is 9.59 Å². The Balaban J connectivity index is 1.53. The van der Waals surface area contributed by atoms with E-state index in [2.05, 4.69) is 42.3 Å². The quantitative estimate of drug-likeness (QED) is 0.466. The lowest BCUT2D eigenvalue weighted by Crippen LogP contribution is -2.13. The van der Waals surface area contributed by atoms with E-state index >= 15 is 0 Å². The van der Waals surface area contributed by atoms with Crippen LogP contribution in [0.3, 0.4) is 0 Å². The summed E-state index contributed by atoms with van der Waals surface area (Å²) >= 11 is 4.48. The van der Waals surface area contributed by atoms with Crippen LogP contribution in [0, 0.1) is 20.8 Å². The fourth-order valence-electron chi connectivity index (χ4n) is 2.66. The number of hydrogen-bond acceptors (Lipinski definition) is 6. The molecular weight excluding hydrogens is 434 g/mol. The number of benzene rings is 2. The van der Waals surface area contributed by atoms with E-state index in [-0.39, 0.29) is 24.0 Å². The zero-order valence-corrected chi connectivity index (χ0v) is 19.5. The Hall–Kier alpha value is -2.29. The summed E-state index contributed by atoms with van der Waals surface area (Å²) in [7, 11) is 0. The van der Waals surface area contributed by atoms with Crippen molar-refractivity contribution >= 4 is 52.4 Å².